The molecule has 0 saturated heterocycles. The zero-order chi connectivity index (χ0) is 32.8. The fraction of sp³-hybridized carbons (Fsp3) is 0.615. The summed E-state index contributed by atoms with van der Waals surface area (Å²) in [4.78, 5) is 34.7. The van der Waals surface area contributed by atoms with E-state index in [4.69, 9.17) is 22.9 Å². The zero-order valence-corrected chi connectivity index (χ0v) is 27.0. The molecule has 0 fully saturated rings. The summed E-state index contributed by atoms with van der Waals surface area (Å²) in [5.74, 6) is 1.15. The minimum atomic E-state index is -0.158. The minimum Gasteiger partial charge on any atom is -0.368 e. The van der Waals surface area contributed by atoms with E-state index < -0.39 is 0 Å². The van der Waals surface area contributed by atoms with Crippen LogP contribution in [0.5, 0.6) is 0 Å². The van der Waals surface area contributed by atoms with Crippen molar-refractivity contribution < 1.29 is 0 Å². The first-order valence-electron chi connectivity index (χ1n) is 13.4. The molecule has 4 heterocycles. The second kappa shape index (κ2) is 13.0. The Balaban J connectivity index is 0.000000280. The lowest BCUT2D eigenvalue weighted by Gasteiger charge is -2.18. The molecule has 16 nitrogen and oxygen atoms in total. The third kappa shape index (κ3) is 10.5. The number of aromatic nitrogens is 10. The molecular formula is C26H50N14O2. The quantitative estimate of drug-likeness (QED) is 0.174. The van der Waals surface area contributed by atoms with Gasteiger partial charge in [-0.25, -0.2) is 19.0 Å². The van der Waals surface area contributed by atoms with E-state index in [1.165, 1.54) is 0 Å². The second-order valence-electron chi connectivity index (χ2n) is 13.4. The van der Waals surface area contributed by atoms with Gasteiger partial charge in [0.2, 0.25) is 23.8 Å². The molecule has 0 aliphatic carbocycles. The van der Waals surface area contributed by atoms with Crippen molar-refractivity contribution in [3.63, 3.8) is 0 Å². The Morgan fingerprint density at radius 2 is 0.833 bits per heavy atom. The molecule has 0 atom stereocenters. The lowest BCUT2D eigenvalue weighted by Crippen LogP contribution is -2.31. The average Bonchev–Trinajstić information content (AvgIpc) is 3.56. The van der Waals surface area contributed by atoms with Gasteiger partial charge in [0.15, 0.2) is 0 Å². The zero-order valence-electron chi connectivity index (χ0n) is 27.0. The molecule has 4 rings (SSSR count). The smallest absolute Gasteiger partial charge is 0.325 e. The van der Waals surface area contributed by atoms with E-state index in [-0.39, 0.29) is 45.4 Å². The number of hydrogen-bond acceptors (Lipinski definition) is 10. The normalized spacial score (nSPS) is 11.9. The Kier molecular flexibility index (Phi) is 11.0. The van der Waals surface area contributed by atoms with E-state index in [0.717, 1.165) is 0 Å². The summed E-state index contributed by atoms with van der Waals surface area (Å²) in [6.45, 7) is 23.8. The number of nitrogen functional groups attached to an aromatic ring is 4. The number of H-pyrrole nitrogens is 2. The summed E-state index contributed by atoms with van der Waals surface area (Å²) < 4.78 is 6.52. The van der Waals surface area contributed by atoms with Crippen LogP contribution in [0.1, 0.15) is 83.1 Å². The molecule has 0 radical (unpaired) electrons. The summed E-state index contributed by atoms with van der Waals surface area (Å²) in [5, 5.41) is 7.88. The molecular weight excluding hydrogens is 540 g/mol. The van der Waals surface area contributed by atoms with Crippen molar-refractivity contribution in [3.05, 3.63) is 45.8 Å². The van der Waals surface area contributed by atoms with Gasteiger partial charge in [-0.2, -0.15) is 9.97 Å². The molecule has 4 aromatic heterocycles. The molecule has 10 N–H and O–H groups in total. The van der Waals surface area contributed by atoms with Gasteiger partial charge in [-0.05, 0) is 83.1 Å². The highest BCUT2D eigenvalue weighted by Crippen LogP contribution is 2.17. The van der Waals surface area contributed by atoms with E-state index >= 15 is 0 Å². The van der Waals surface area contributed by atoms with Gasteiger partial charge in [-0.3, -0.25) is 9.13 Å². The van der Waals surface area contributed by atoms with Crippen LogP contribution in [0.3, 0.4) is 0 Å². The van der Waals surface area contributed by atoms with Crippen LogP contribution < -0.4 is 34.3 Å². The first kappa shape index (κ1) is 35.5. The Labute approximate surface area is 246 Å². The lowest BCUT2D eigenvalue weighted by atomic mass is 10.1. The van der Waals surface area contributed by atoms with Gasteiger partial charge >= 0.3 is 11.4 Å². The summed E-state index contributed by atoms with van der Waals surface area (Å²) >= 11 is 0. The van der Waals surface area contributed by atoms with Crippen molar-refractivity contribution in [2.45, 2.75) is 105 Å². The molecule has 0 spiro atoms. The highest BCUT2D eigenvalue weighted by atomic mass is 16.1. The standard InChI is InChI=1S/2C7H12N2O.2C6H13N5/c2*1-7(2,3)9-5-4-8-6(9)10;2*1-6(2,3)11-5(8)9-4(7)10-11/h2*4-5H,1-3H3,(H,8,10);2*1-3H3,(H4,7,8,9,10). The molecule has 16 heteroatoms. The Hall–Kier alpha value is -4.50. The Morgan fingerprint density at radius 3 is 0.929 bits per heavy atom. The highest BCUT2D eigenvalue weighted by Gasteiger charge is 2.19. The molecule has 0 aliphatic rings. The molecule has 0 aromatic carbocycles. The maximum absolute atomic E-state index is 11.0. The van der Waals surface area contributed by atoms with Crippen molar-refractivity contribution in [2.24, 2.45) is 0 Å². The van der Waals surface area contributed by atoms with E-state index in [1.54, 1.807) is 43.3 Å². The van der Waals surface area contributed by atoms with Gasteiger partial charge in [0.1, 0.15) is 0 Å². The Bertz CT molecular complexity index is 1390. The monoisotopic (exact) mass is 590 g/mol. The van der Waals surface area contributed by atoms with Gasteiger partial charge in [-0.15, -0.1) is 10.2 Å². The van der Waals surface area contributed by atoms with Crippen molar-refractivity contribution in [1.29, 1.82) is 0 Å². The van der Waals surface area contributed by atoms with Crippen LogP contribution in [0.15, 0.2) is 34.4 Å². The topological polar surface area (TPSA) is 241 Å². The highest BCUT2D eigenvalue weighted by molar-refractivity contribution is 5.28. The van der Waals surface area contributed by atoms with Crippen molar-refractivity contribution in [2.75, 3.05) is 22.9 Å². The SMILES string of the molecule is CC(C)(C)n1cc[nH]c1=O.CC(C)(C)n1cc[nH]c1=O.CC(C)(C)n1nc(N)nc1N.CC(C)(C)n1nc(N)nc1N. The summed E-state index contributed by atoms with van der Waals surface area (Å²) in [7, 11) is 0. The van der Waals surface area contributed by atoms with E-state index in [1.807, 2.05) is 83.1 Å². The third-order valence-electron chi connectivity index (χ3n) is 5.31. The lowest BCUT2D eigenvalue weighted by molar-refractivity contribution is 0.361. The van der Waals surface area contributed by atoms with Gasteiger partial charge in [0.25, 0.3) is 0 Å². The van der Waals surface area contributed by atoms with Crippen molar-refractivity contribution in [1.82, 2.24) is 48.6 Å². The second-order valence-corrected chi connectivity index (χ2v) is 13.4. The van der Waals surface area contributed by atoms with Gasteiger partial charge in [0.05, 0.1) is 11.1 Å². The van der Waals surface area contributed by atoms with Crippen LogP contribution in [0.25, 0.3) is 0 Å². The maximum Gasteiger partial charge on any atom is 0.325 e. The molecule has 0 saturated carbocycles. The number of nitrogens with zero attached hydrogens (tertiary/aromatic N) is 8. The minimum absolute atomic E-state index is 0.0486. The van der Waals surface area contributed by atoms with Crippen LogP contribution in [0.4, 0.5) is 23.8 Å². The number of nitrogens with two attached hydrogens (primary N) is 4. The fourth-order valence-corrected chi connectivity index (χ4v) is 3.37. The summed E-state index contributed by atoms with van der Waals surface area (Å²) in [6, 6.07) is 0. The molecule has 4 aromatic rings. The number of imidazole rings is 2. The largest absolute Gasteiger partial charge is 0.368 e. The molecule has 0 amide bonds. The first-order chi connectivity index (χ1) is 18.9. The van der Waals surface area contributed by atoms with Crippen LogP contribution in [-0.4, -0.2) is 48.6 Å². The van der Waals surface area contributed by atoms with Crippen LogP contribution in [0, 0.1) is 0 Å². The van der Waals surface area contributed by atoms with E-state index in [0.29, 0.717) is 11.9 Å². The van der Waals surface area contributed by atoms with Crippen molar-refractivity contribution >= 4 is 23.8 Å². The number of aromatic amines is 2. The molecule has 0 aliphatic heterocycles. The van der Waals surface area contributed by atoms with E-state index in [9.17, 15) is 9.59 Å². The van der Waals surface area contributed by atoms with Gasteiger partial charge < -0.3 is 32.9 Å². The first-order valence-corrected chi connectivity index (χ1v) is 13.4. The van der Waals surface area contributed by atoms with E-state index in [2.05, 4.69) is 30.1 Å². The molecule has 236 valence electrons. The predicted molar refractivity (Wildman–Crippen MR) is 168 cm³/mol. The van der Waals surface area contributed by atoms with Crippen LogP contribution in [-0.2, 0) is 22.2 Å². The summed E-state index contributed by atoms with van der Waals surface area (Å²) in [5.41, 5.74) is 21.1. The number of anilines is 4. The van der Waals surface area contributed by atoms with Crippen LogP contribution in [0.2, 0.25) is 0 Å². The predicted octanol–water partition coefficient (Wildman–Crippen LogP) is 2.26. The third-order valence-corrected chi connectivity index (χ3v) is 5.31. The van der Waals surface area contributed by atoms with Crippen LogP contribution >= 0.6 is 0 Å². The summed E-state index contributed by atoms with van der Waals surface area (Å²) in [6.07, 6.45) is 6.80. The maximum atomic E-state index is 11.0. The number of nitrogens with one attached hydrogen (secondary N) is 2. The Morgan fingerprint density at radius 1 is 0.548 bits per heavy atom. The molecule has 0 bridgehead atoms. The molecule has 42 heavy (non-hydrogen) atoms. The fourth-order valence-electron chi connectivity index (χ4n) is 3.37. The van der Waals surface area contributed by atoms with Crippen molar-refractivity contribution in [3.8, 4) is 0 Å². The number of hydrogen-bond donors (Lipinski definition) is 6. The average molecular weight is 591 g/mol. The van der Waals surface area contributed by atoms with Gasteiger partial charge in [0, 0.05) is 35.9 Å². The molecule has 0 unspecified atom stereocenters. The number of rotatable bonds is 0. The van der Waals surface area contributed by atoms with Gasteiger partial charge in [-0.1, -0.05) is 0 Å².